The van der Waals surface area contributed by atoms with Crippen molar-refractivity contribution in [2.45, 2.75) is 4.90 Å². The molecule has 0 amide bonds. The fourth-order valence-corrected chi connectivity index (χ4v) is 1.64. The largest absolute Gasteiger partial charge is 0.464 e. The van der Waals surface area contributed by atoms with Gasteiger partial charge < -0.3 is 9.47 Å². The van der Waals surface area contributed by atoms with Gasteiger partial charge in [-0.2, -0.15) is 0 Å². The molecule has 0 heterocycles. The highest BCUT2D eigenvalue weighted by atomic mass is 35.7. The van der Waals surface area contributed by atoms with E-state index in [1.807, 2.05) is 0 Å². The van der Waals surface area contributed by atoms with E-state index in [0.717, 1.165) is 12.1 Å². The molecule has 0 N–H and O–H groups in total. The van der Waals surface area contributed by atoms with Crippen molar-refractivity contribution >= 4 is 19.7 Å². The van der Waals surface area contributed by atoms with E-state index in [-0.39, 0.29) is 17.4 Å². The summed E-state index contributed by atoms with van der Waals surface area (Å²) >= 11 is 0. The average molecular weight is 255 g/mol. The van der Waals surface area contributed by atoms with E-state index in [1.165, 1.54) is 13.2 Å². The van der Waals surface area contributed by atoms with Crippen molar-refractivity contribution in [3.63, 3.8) is 0 Å². The minimum atomic E-state index is -3.92. The Bertz CT molecular complexity index is 446. The van der Waals surface area contributed by atoms with Crippen LogP contribution in [0.5, 0.6) is 5.75 Å². The van der Waals surface area contributed by atoms with Gasteiger partial charge in [-0.1, -0.05) is 0 Å². The monoisotopic (exact) mass is 254 g/mol. The maximum absolute atomic E-state index is 13.2. The van der Waals surface area contributed by atoms with Crippen molar-refractivity contribution in [3.8, 4) is 5.75 Å². The Morgan fingerprint density at radius 2 is 2.13 bits per heavy atom. The van der Waals surface area contributed by atoms with Gasteiger partial charge >= 0.3 is 0 Å². The lowest BCUT2D eigenvalue weighted by Gasteiger charge is -2.06. The highest BCUT2D eigenvalue weighted by Crippen LogP contribution is 2.23. The van der Waals surface area contributed by atoms with Crippen LogP contribution < -0.4 is 4.74 Å². The SMILES string of the molecule is COCOc1ccc(S(=O)(=O)Cl)cc1F. The third-order valence-electron chi connectivity index (χ3n) is 1.52. The maximum Gasteiger partial charge on any atom is 0.261 e. The molecule has 0 saturated heterocycles. The molecular weight excluding hydrogens is 247 g/mol. The molecule has 0 aliphatic heterocycles. The zero-order valence-electron chi connectivity index (χ0n) is 7.74. The Balaban J connectivity index is 2.99. The van der Waals surface area contributed by atoms with Crippen molar-refractivity contribution in [2.75, 3.05) is 13.9 Å². The molecule has 4 nitrogen and oxygen atoms in total. The first-order valence-electron chi connectivity index (χ1n) is 3.81. The summed E-state index contributed by atoms with van der Waals surface area (Å²) in [7, 11) is 2.49. The highest BCUT2D eigenvalue weighted by molar-refractivity contribution is 8.13. The maximum atomic E-state index is 13.2. The van der Waals surface area contributed by atoms with Gasteiger partial charge in [-0.05, 0) is 18.2 Å². The highest BCUT2D eigenvalue weighted by Gasteiger charge is 2.13. The summed E-state index contributed by atoms with van der Waals surface area (Å²) in [6, 6.07) is 3.10. The Morgan fingerprint density at radius 1 is 1.47 bits per heavy atom. The standard InChI is InChI=1S/C8H8ClFO4S/c1-13-5-14-8-3-2-6(4-7(8)10)15(9,11)12/h2-4H,5H2,1H3. The summed E-state index contributed by atoms with van der Waals surface area (Å²) in [6.45, 7) is -0.121. The van der Waals surface area contributed by atoms with Crippen LogP contribution in [-0.4, -0.2) is 22.3 Å². The molecule has 0 fully saturated rings. The van der Waals surface area contributed by atoms with Gasteiger partial charge in [0.15, 0.2) is 18.4 Å². The molecule has 0 spiro atoms. The van der Waals surface area contributed by atoms with Crippen LogP contribution in [0.2, 0.25) is 0 Å². The number of rotatable bonds is 4. The Hall–Kier alpha value is -0.850. The number of benzene rings is 1. The topological polar surface area (TPSA) is 52.6 Å². The van der Waals surface area contributed by atoms with Crippen LogP contribution in [0.4, 0.5) is 4.39 Å². The summed E-state index contributed by atoms with van der Waals surface area (Å²) < 4.78 is 44.3. The van der Waals surface area contributed by atoms with Crippen LogP contribution in [0.3, 0.4) is 0 Å². The first kappa shape index (κ1) is 12.2. The molecule has 0 aliphatic rings. The van der Waals surface area contributed by atoms with Crippen LogP contribution in [0.15, 0.2) is 23.1 Å². The minimum Gasteiger partial charge on any atom is -0.464 e. The van der Waals surface area contributed by atoms with Crippen molar-refractivity contribution in [1.82, 2.24) is 0 Å². The second-order valence-electron chi connectivity index (χ2n) is 2.58. The molecule has 1 aromatic carbocycles. The van der Waals surface area contributed by atoms with E-state index in [1.54, 1.807) is 0 Å². The van der Waals surface area contributed by atoms with Gasteiger partial charge in [0.25, 0.3) is 9.05 Å². The minimum absolute atomic E-state index is 0.0964. The molecule has 7 heteroatoms. The van der Waals surface area contributed by atoms with Gasteiger partial charge in [0.2, 0.25) is 0 Å². The van der Waals surface area contributed by atoms with E-state index < -0.39 is 14.9 Å². The van der Waals surface area contributed by atoms with Crippen LogP contribution in [0, 0.1) is 5.82 Å². The lowest BCUT2D eigenvalue weighted by molar-refractivity contribution is 0.0482. The number of ether oxygens (including phenoxy) is 2. The predicted molar refractivity (Wildman–Crippen MR) is 51.9 cm³/mol. The van der Waals surface area contributed by atoms with Gasteiger partial charge in [0, 0.05) is 17.8 Å². The molecule has 0 aromatic heterocycles. The van der Waals surface area contributed by atoms with Crippen LogP contribution >= 0.6 is 10.7 Å². The van der Waals surface area contributed by atoms with Gasteiger partial charge in [-0.3, -0.25) is 0 Å². The second-order valence-corrected chi connectivity index (χ2v) is 5.15. The zero-order chi connectivity index (χ0) is 11.5. The number of halogens is 2. The third-order valence-corrected chi connectivity index (χ3v) is 2.87. The fourth-order valence-electron chi connectivity index (χ4n) is 0.873. The van der Waals surface area contributed by atoms with Crippen LogP contribution in [0.1, 0.15) is 0 Å². The molecule has 0 saturated carbocycles. The van der Waals surface area contributed by atoms with Crippen molar-refractivity contribution < 1.29 is 22.3 Å². The summed E-state index contributed by atoms with van der Waals surface area (Å²) in [4.78, 5) is -0.313. The molecule has 0 aliphatic carbocycles. The van der Waals surface area contributed by atoms with Gasteiger partial charge in [0.05, 0.1) is 4.90 Å². The molecule has 0 radical (unpaired) electrons. The van der Waals surface area contributed by atoms with Crippen molar-refractivity contribution in [3.05, 3.63) is 24.0 Å². The molecule has 15 heavy (non-hydrogen) atoms. The molecule has 84 valence electrons. The fraction of sp³-hybridized carbons (Fsp3) is 0.250. The summed E-state index contributed by atoms with van der Waals surface area (Å²) in [6.07, 6.45) is 0. The average Bonchev–Trinajstić information content (AvgIpc) is 2.14. The number of methoxy groups -OCH3 is 1. The number of hydrogen-bond acceptors (Lipinski definition) is 4. The van der Waals surface area contributed by atoms with E-state index in [4.69, 9.17) is 15.4 Å². The number of hydrogen-bond donors (Lipinski definition) is 0. The summed E-state index contributed by atoms with van der Waals surface area (Å²) in [5, 5.41) is 0. The Kier molecular flexibility index (Phi) is 3.90. The Labute approximate surface area is 91.0 Å². The van der Waals surface area contributed by atoms with E-state index in [0.29, 0.717) is 0 Å². The van der Waals surface area contributed by atoms with E-state index >= 15 is 0 Å². The van der Waals surface area contributed by atoms with Crippen molar-refractivity contribution in [2.24, 2.45) is 0 Å². The van der Waals surface area contributed by atoms with Crippen LogP contribution in [-0.2, 0) is 13.8 Å². The first-order valence-corrected chi connectivity index (χ1v) is 6.12. The smallest absolute Gasteiger partial charge is 0.261 e. The molecule has 1 rings (SSSR count). The van der Waals surface area contributed by atoms with E-state index in [2.05, 4.69) is 4.74 Å². The van der Waals surface area contributed by atoms with E-state index in [9.17, 15) is 12.8 Å². The van der Waals surface area contributed by atoms with Crippen LogP contribution in [0.25, 0.3) is 0 Å². The first-order chi connectivity index (χ1) is 6.95. The zero-order valence-corrected chi connectivity index (χ0v) is 9.31. The van der Waals surface area contributed by atoms with Gasteiger partial charge in [-0.15, -0.1) is 0 Å². The summed E-state index contributed by atoms with van der Waals surface area (Å²) in [5.41, 5.74) is 0. The molecule has 0 unspecified atom stereocenters. The third kappa shape index (κ3) is 3.33. The Morgan fingerprint density at radius 3 is 2.60 bits per heavy atom. The lowest BCUT2D eigenvalue weighted by Crippen LogP contribution is -2.01. The van der Waals surface area contributed by atoms with Crippen molar-refractivity contribution in [1.29, 1.82) is 0 Å². The van der Waals surface area contributed by atoms with Gasteiger partial charge in [-0.25, -0.2) is 12.8 Å². The second kappa shape index (κ2) is 4.78. The molecule has 1 aromatic rings. The quantitative estimate of drug-likeness (QED) is 0.607. The molecular formula is C8H8ClFO4S. The molecule has 0 atom stereocenters. The normalized spacial score (nSPS) is 11.4. The molecule has 0 bridgehead atoms. The predicted octanol–water partition coefficient (Wildman–Crippen LogP) is 1.74. The lowest BCUT2D eigenvalue weighted by atomic mass is 10.3. The summed E-state index contributed by atoms with van der Waals surface area (Å²) in [5.74, 6) is -0.908. The van der Waals surface area contributed by atoms with Gasteiger partial charge in [0.1, 0.15) is 0 Å².